The average molecular weight is 276 g/mol. The number of rotatable bonds is 4. The van der Waals surface area contributed by atoms with Gasteiger partial charge in [0.25, 0.3) is 5.91 Å². The Morgan fingerprint density at radius 3 is 2.50 bits per heavy atom. The monoisotopic (exact) mass is 276 g/mol. The van der Waals surface area contributed by atoms with Gasteiger partial charge in [-0.1, -0.05) is 27.2 Å². The molecule has 0 aromatic carbocycles. The number of carbonyl (C=O) groups excluding carboxylic acids is 1. The van der Waals surface area contributed by atoms with Gasteiger partial charge in [-0.15, -0.1) is 0 Å². The third kappa shape index (κ3) is 3.25. The Hall–Kier alpha value is -1.25. The van der Waals surface area contributed by atoms with Crippen LogP contribution in [0, 0.1) is 11.3 Å². The Labute approximate surface area is 122 Å². The molecule has 1 N–H and O–H groups in total. The van der Waals surface area contributed by atoms with E-state index < -0.39 is 0 Å². The molecule has 1 aromatic rings. The van der Waals surface area contributed by atoms with Crippen molar-refractivity contribution in [2.75, 3.05) is 0 Å². The highest BCUT2D eigenvalue weighted by Crippen LogP contribution is 2.40. The molecule has 1 heterocycles. The smallest absolute Gasteiger partial charge is 0.268 e. The molecule has 112 valence electrons. The van der Waals surface area contributed by atoms with E-state index in [1.54, 1.807) is 0 Å². The van der Waals surface area contributed by atoms with E-state index in [4.69, 9.17) is 0 Å². The molecule has 0 saturated heterocycles. The maximum absolute atomic E-state index is 12.2. The summed E-state index contributed by atoms with van der Waals surface area (Å²) in [4.78, 5) is 12.2. The predicted octanol–water partition coefficient (Wildman–Crippen LogP) is 3.75. The Kier molecular flexibility index (Phi) is 4.56. The molecule has 1 saturated carbocycles. The molecule has 3 heteroatoms. The summed E-state index contributed by atoms with van der Waals surface area (Å²) in [6, 6.07) is 4.14. The number of aromatic nitrogens is 1. The number of nitrogens with zero attached hydrogens (tertiary/aromatic N) is 1. The molecular formula is C17H28N2O. The fraction of sp³-hybridized carbons (Fsp3) is 0.706. The number of amides is 1. The minimum absolute atomic E-state index is 0.0655. The topological polar surface area (TPSA) is 34.0 Å². The van der Waals surface area contributed by atoms with E-state index in [0.717, 1.165) is 24.5 Å². The van der Waals surface area contributed by atoms with Crippen molar-refractivity contribution in [1.82, 2.24) is 9.88 Å². The van der Waals surface area contributed by atoms with Crippen LogP contribution in [0.25, 0.3) is 0 Å². The van der Waals surface area contributed by atoms with E-state index in [1.165, 1.54) is 19.3 Å². The van der Waals surface area contributed by atoms with Gasteiger partial charge in [0.1, 0.15) is 5.69 Å². The molecule has 1 amide bonds. The lowest BCUT2D eigenvalue weighted by molar-refractivity contribution is 0.0885. The van der Waals surface area contributed by atoms with Crippen LogP contribution in [0.3, 0.4) is 0 Å². The van der Waals surface area contributed by atoms with Crippen molar-refractivity contribution < 1.29 is 4.79 Å². The zero-order valence-electron chi connectivity index (χ0n) is 13.3. The second-order valence-corrected chi connectivity index (χ2v) is 6.87. The van der Waals surface area contributed by atoms with Gasteiger partial charge in [0.15, 0.2) is 0 Å². The maximum atomic E-state index is 12.2. The minimum Gasteiger partial charge on any atom is -0.348 e. The predicted molar refractivity (Wildman–Crippen MR) is 82.7 cm³/mol. The quantitative estimate of drug-likeness (QED) is 0.893. The minimum atomic E-state index is 0.0655. The van der Waals surface area contributed by atoms with Gasteiger partial charge < -0.3 is 9.88 Å². The molecule has 0 spiro atoms. The van der Waals surface area contributed by atoms with Gasteiger partial charge in [-0.2, -0.15) is 0 Å². The van der Waals surface area contributed by atoms with Crippen LogP contribution in [0.2, 0.25) is 0 Å². The van der Waals surface area contributed by atoms with Gasteiger partial charge >= 0.3 is 0 Å². The van der Waals surface area contributed by atoms with E-state index >= 15 is 0 Å². The fourth-order valence-corrected chi connectivity index (χ4v) is 3.26. The third-order valence-corrected chi connectivity index (χ3v) is 5.26. The molecular weight excluding hydrogens is 248 g/mol. The molecule has 3 nitrogen and oxygen atoms in total. The van der Waals surface area contributed by atoms with Crippen LogP contribution in [0.1, 0.15) is 63.4 Å². The molecule has 0 bridgehead atoms. The first-order valence-corrected chi connectivity index (χ1v) is 7.86. The van der Waals surface area contributed by atoms with Crippen molar-refractivity contribution in [2.45, 2.75) is 58.9 Å². The zero-order chi connectivity index (χ0) is 14.8. The Morgan fingerprint density at radius 2 is 2.00 bits per heavy atom. The van der Waals surface area contributed by atoms with Crippen molar-refractivity contribution in [2.24, 2.45) is 18.4 Å². The van der Waals surface area contributed by atoms with Crippen LogP contribution in [0.4, 0.5) is 0 Å². The third-order valence-electron chi connectivity index (χ3n) is 5.26. The first kappa shape index (κ1) is 15.1. The van der Waals surface area contributed by atoms with Crippen molar-refractivity contribution >= 4 is 5.91 Å². The Morgan fingerprint density at radius 1 is 1.35 bits per heavy atom. The van der Waals surface area contributed by atoms with Gasteiger partial charge in [0.05, 0.1) is 0 Å². The lowest BCUT2D eigenvalue weighted by Gasteiger charge is -2.39. The second-order valence-electron chi connectivity index (χ2n) is 6.87. The average Bonchev–Trinajstić information content (AvgIpc) is 2.85. The van der Waals surface area contributed by atoms with Crippen LogP contribution in [-0.4, -0.2) is 16.5 Å². The summed E-state index contributed by atoms with van der Waals surface area (Å²) in [6.07, 6.45) is 7.85. The summed E-state index contributed by atoms with van der Waals surface area (Å²) in [6.45, 7) is 7.03. The van der Waals surface area contributed by atoms with E-state index in [2.05, 4.69) is 26.1 Å². The van der Waals surface area contributed by atoms with Crippen LogP contribution < -0.4 is 5.32 Å². The summed E-state index contributed by atoms with van der Waals surface area (Å²) >= 11 is 0. The first-order chi connectivity index (χ1) is 9.44. The van der Waals surface area contributed by atoms with Crippen LogP contribution >= 0.6 is 0 Å². The van der Waals surface area contributed by atoms with Crippen LogP contribution in [-0.2, 0) is 7.05 Å². The molecule has 20 heavy (non-hydrogen) atoms. The number of nitrogens with one attached hydrogen (secondary N) is 1. The van der Waals surface area contributed by atoms with E-state index in [-0.39, 0.29) is 5.91 Å². The number of aryl methyl sites for hydroxylation is 1. The first-order valence-electron chi connectivity index (χ1n) is 7.86. The molecule has 1 fully saturated rings. The maximum Gasteiger partial charge on any atom is 0.268 e. The summed E-state index contributed by atoms with van der Waals surface area (Å²) in [5, 5.41) is 3.19. The highest BCUT2D eigenvalue weighted by atomic mass is 16.2. The van der Waals surface area contributed by atoms with Crippen molar-refractivity contribution in [3.05, 3.63) is 24.0 Å². The molecule has 0 aliphatic heterocycles. The summed E-state index contributed by atoms with van der Waals surface area (Å²) in [5.74, 6) is 0.867. The van der Waals surface area contributed by atoms with E-state index in [9.17, 15) is 4.79 Å². The van der Waals surface area contributed by atoms with Gasteiger partial charge in [-0.3, -0.25) is 4.79 Å². The Balaban J connectivity index is 1.86. The van der Waals surface area contributed by atoms with Crippen molar-refractivity contribution in [3.63, 3.8) is 0 Å². The molecule has 0 atom stereocenters. The van der Waals surface area contributed by atoms with Crippen LogP contribution in [0.15, 0.2) is 18.3 Å². The molecule has 2 rings (SSSR count). The summed E-state index contributed by atoms with van der Waals surface area (Å²) in [5.41, 5.74) is 1.19. The SMILES string of the molecule is CCC(C)(C)C1CCC(NC(=O)c2cccn2C)CC1. The standard InChI is InChI=1S/C17H28N2O/c1-5-17(2,3)13-8-10-14(11-9-13)18-16(20)15-7-6-12-19(15)4/h6-7,12-14H,5,8-11H2,1-4H3,(H,18,20). The van der Waals surface area contributed by atoms with Gasteiger partial charge in [0.2, 0.25) is 0 Å². The number of hydrogen-bond donors (Lipinski definition) is 1. The number of carbonyl (C=O) groups is 1. The Bertz CT molecular complexity index is 453. The molecule has 1 aromatic heterocycles. The molecule has 1 aliphatic carbocycles. The summed E-state index contributed by atoms with van der Waals surface area (Å²) in [7, 11) is 1.91. The van der Waals surface area contributed by atoms with Crippen molar-refractivity contribution in [3.8, 4) is 0 Å². The van der Waals surface area contributed by atoms with E-state index in [0.29, 0.717) is 11.5 Å². The lowest BCUT2D eigenvalue weighted by Crippen LogP contribution is -2.40. The molecule has 0 unspecified atom stereocenters. The normalized spacial score (nSPS) is 23.6. The second kappa shape index (κ2) is 6.02. The molecule has 1 aliphatic rings. The lowest BCUT2D eigenvalue weighted by atomic mass is 9.69. The van der Waals surface area contributed by atoms with Gasteiger partial charge in [-0.25, -0.2) is 0 Å². The van der Waals surface area contributed by atoms with E-state index in [1.807, 2.05) is 29.9 Å². The summed E-state index contributed by atoms with van der Waals surface area (Å²) < 4.78 is 1.88. The van der Waals surface area contributed by atoms with Crippen LogP contribution in [0.5, 0.6) is 0 Å². The fourth-order valence-electron chi connectivity index (χ4n) is 3.26. The molecule has 0 radical (unpaired) electrons. The highest BCUT2D eigenvalue weighted by molar-refractivity contribution is 5.92. The largest absolute Gasteiger partial charge is 0.348 e. The van der Waals surface area contributed by atoms with Gasteiger partial charge in [0, 0.05) is 19.3 Å². The zero-order valence-corrected chi connectivity index (χ0v) is 13.3. The highest BCUT2D eigenvalue weighted by Gasteiger charge is 2.32. The van der Waals surface area contributed by atoms with Crippen molar-refractivity contribution in [1.29, 1.82) is 0 Å². The number of hydrogen-bond acceptors (Lipinski definition) is 1. The van der Waals surface area contributed by atoms with Gasteiger partial charge in [-0.05, 0) is 49.1 Å².